The molecule has 28 heavy (non-hydrogen) atoms. The van der Waals surface area contributed by atoms with E-state index in [9.17, 15) is 0 Å². The third-order valence-corrected chi connectivity index (χ3v) is 5.14. The van der Waals surface area contributed by atoms with Crippen LogP contribution in [0, 0.1) is 13.8 Å². The molecule has 0 heterocycles. The second-order valence-corrected chi connectivity index (χ2v) is 7.72. The van der Waals surface area contributed by atoms with Gasteiger partial charge in [0, 0.05) is 10.7 Å². The Hall–Kier alpha value is -2.65. The summed E-state index contributed by atoms with van der Waals surface area (Å²) in [5.74, 6) is 0.881. The first kappa shape index (κ1) is 20.1. The lowest BCUT2D eigenvalue weighted by atomic mass is 10.1. The second kappa shape index (κ2) is 9.52. The number of allylic oxidation sites excluding steroid dienone is 1. The van der Waals surface area contributed by atoms with Crippen molar-refractivity contribution in [3.63, 3.8) is 0 Å². The highest BCUT2D eigenvalue weighted by atomic mass is 79.9. The lowest BCUT2D eigenvalue weighted by Gasteiger charge is -2.11. The van der Waals surface area contributed by atoms with Crippen molar-refractivity contribution in [1.29, 1.82) is 0 Å². The molecule has 0 bridgehead atoms. The fourth-order valence-corrected chi connectivity index (χ4v) is 3.10. The van der Waals surface area contributed by atoms with Crippen molar-refractivity contribution in [3.8, 4) is 5.75 Å². The molecule has 2 nitrogen and oxygen atoms in total. The van der Waals surface area contributed by atoms with Gasteiger partial charge in [-0.15, -0.1) is 6.58 Å². The van der Waals surface area contributed by atoms with Gasteiger partial charge < -0.3 is 4.74 Å². The lowest BCUT2D eigenvalue weighted by Crippen LogP contribution is -1.99. The molecule has 0 fully saturated rings. The van der Waals surface area contributed by atoms with Gasteiger partial charge in [0.1, 0.15) is 12.4 Å². The minimum absolute atomic E-state index is 0.535. The molecule has 3 aromatic carbocycles. The molecule has 0 aliphatic rings. The first-order chi connectivity index (χ1) is 13.5. The number of ether oxygens (including phenoxy) is 1. The van der Waals surface area contributed by atoms with Crippen molar-refractivity contribution in [2.45, 2.75) is 26.9 Å². The number of hydrogen-bond acceptors (Lipinski definition) is 2. The molecule has 3 heteroatoms. The Kier molecular flexibility index (Phi) is 6.83. The molecule has 0 unspecified atom stereocenters. The quantitative estimate of drug-likeness (QED) is 0.287. The van der Waals surface area contributed by atoms with E-state index in [1.165, 1.54) is 11.1 Å². The van der Waals surface area contributed by atoms with E-state index in [0.717, 1.165) is 39.0 Å². The molecule has 0 spiro atoms. The van der Waals surface area contributed by atoms with Crippen molar-refractivity contribution in [2.24, 2.45) is 4.99 Å². The second-order valence-electron chi connectivity index (χ2n) is 6.80. The van der Waals surface area contributed by atoms with Crippen molar-refractivity contribution >= 4 is 27.8 Å². The van der Waals surface area contributed by atoms with Crippen LogP contribution in [0.5, 0.6) is 5.75 Å². The van der Waals surface area contributed by atoms with E-state index in [1.54, 1.807) is 0 Å². The Morgan fingerprint density at radius 2 is 1.75 bits per heavy atom. The van der Waals surface area contributed by atoms with Crippen LogP contribution in [0.15, 0.2) is 82.8 Å². The molecule has 0 saturated heterocycles. The fourth-order valence-electron chi connectivity index (χ4n) is 2.83. The highest BCUT2D eigenvalue weighted by Crippen LogP contribution is 2.23. The van der Waals surface area contributed by atoms with Gasteiger partial charge in [0.15, 0.2) is 0 Å². The first-order valence-corrected chi connectivity index (χ1v) is 10.1. The van der Waals surface area contributed by atoms with E-state index >= 15 is 0 Å². The van der Waals surface area contributed by atoms with Crippen LogP contribution in [-0.4, -0.2) is 6.21 Å². The van der Waals surface area contributed by atoms with Crippen LogP contribution in [0.1, 0.15) is 27.8 Å². The molecule has 0 saturated carbocycles. The summed E-state index contributed by atoms with van der Waals surface area (Å²) in [6.07, 6.45) is 4.54. The largest absolute Gasteiger partial charge is 0.489 e. The molecular formula is C25H24BrNO. The molecule has 0 aliphatic carbocycles. The zero-order valence-electron chi connectivity index (χ0n) is 16.3. The summed E-state index contributed by atoms with van der Waals surface area (Å²) in [6, 6.07) is 20.6. The van der Waals surface area contributed by atoms with Crippen LogP contribution in [0.25, 0.3) is 0 Å². The molecule has 0 atom stereocenters. The van der Waals surface area contributed by atoms with Crippen molar-refractivity contribution in [2.75, 3.05) is 0 Å². The molecule has 3 rings (SSSR count). The molecule has 0 aliphatic heterocycles. The molecule has 0 radical (unpaired) electrons. The number of halogens is 1. The van der Waals surface area contributed by atoms with Gasteiger partial charge >= 0.3 is 0 Å². The van der Waals surface area contributed by atoms with Crippen LogP contribution in [0.3, 0.4) is 0 Å². The van der Waals surface area contributed by atoms with Crippen LogP contribution in [0.2, 0.25) is 0 Å². The van der Waals surface area contributed by atoms with Gasteiger partial charge in [0.05, 0.1) is 5.69 Å². The van der Waals surface area contributed by atoms with Gasteiger partial charge in [-0.3, -0.25) is 4.99 Å². The summed E-state index contributed by atoms with van der Waals surface area (Å²) >= 11 is 3.46. The van der Waals surface area contributed by atoms with Crippen LogP contribution in [-0.2, 0) is 13.0 Å². The summed E-state index contributed by atoms with van der Waals surface area (Å²) in [7, 11) is 0. The normalized spacial score (nSPS) is 11.0. The van der Waals surface area contributed by atoms with Crippen molar-refractivity contribution in [1.82, 2.24) is 0 Å². The molecule has 142 valence electrons. The van der Waals surface area contributed by atoms with Crippen molar-refractivity contribution in [3.05, 3.63) is 106 Å². The van der Waals surface area contributed by atoms with Gasteiger partial charge in [-0.1, -0.05) is 40.2 Å². The van der Waals surface area contributed by atoms with Gasteiger partial charge in [0.25, 0.3) is 0 Å². The summed E-state index contributed by atoms with van der Waals surface area (Å²) < 4.78 is 7.12. The summed E-state index contributed by atoms with van der Waals surface area (Å²) in [4.78, 5) is 4.62. The Balaban J connectivity index is 1.75. The fraction of sp³-hybridized carbons (Fsp3) is 0.160. The van der Waals surface area contributed by atoms with Crippen LogP contribution < -0.4 is 4.74 Å². The average molecular weight is 434 g/mol. The third kappa shape index (κ3) is 5.43. The monoisotopic (exact) mass is 433 g/mol. The standard InChI is InChI=1S/C25H24BrNO/c1-4-5-22-15-21(16-27-24-12-6-18(2)19(3)14-24)9-13-25(22)28-17-20-7-10-23(26)11-8-20/h4,6-16H,1,5,17H2,2-3H3. The first-order valence-electron chi connectivity index (χ1n) is 9.27. The maximum Gasteiger partial charge on any atom is 0.123 e. The van der Waals surface area contributed by atoms with Gasteiger partial charge in [0.2, 0.25) is 0 Å². The Bertz CT molecular complexity index is 990. The predicted molar refractivity (Wildman–Crippen MR) is 122 cm³/mol. The summed E-state index contributed by atoms with van der Waals surface area (Å²) in [5, 5.41) is 0. The smallest absolute Gasteiger partial charge is 0.123 e. The van der Waals surface area contributed by atoms with E-state index in [2.05, 4.69) is 71.7 Å². The maximum absolute atomic E-state index is 6.05. The average Bonchev–Trinajstić information content (AvgIpc) is 2.69. The Morgan fingerprint density at radius 1 is 0.964 bits per heavy atom. The lowest BCUT2D eigenvalue weighted by molar-refractivity contribution is 0.303. The SMILES string of the molecule is C=CCc1cc(C=Nc2ccc(C)c(C)c2)ccc1OCc1ccc(Br)cc1. The molecule has 3 aromatic rings. The van der Waals surface area contributed by atoms with E-state index in [1.807, 2.05) is 42.6 Å². The van der Waals surface area contributed by atoms with E-state index in [-0.39, 0.29) is 0 Å². The van der Waals surface area contributed by atoms with E-state index in [0.29, 0.717) is 6.61 Å². The zero-order chi connectivity index (χ0) is 19.9. The van der Waals surface area contributed by atoms with Gasteiger partial charge in [-0.25, -0.2) is 0 Å². The van der Waals surface area contributed by atoms with Crippen LogP contribution in [0.4, 0.5) is 5.69 Å². The maximum atomic E-state index is 6.05. The Morgan fingerprint density at radius 3 is 2.46 bits per heavy atom. The van der Waals surface area contributed by atoms with Gasteiger partial charge in [-0.05, 0) is 90.6 Å². The third-order valence-electron chi connectivity index (χ3n) is 4.61. The summed E-state index contributed by atoms with van der Waals surface area (Å²) in [5.41, 5.74) is 6.78. The number of hydrogen-bond donors (Lipinski definition) is 0. The van der Waals surface area contributed by atoms with Crippen LogP contribution >= 0.6 is 15.9 Å². The highest BCUT2D eigenvalue weighted by Gasteiger charge is 2.05. The summed E-state index contributed by atoms with van der Waals surface area (Å²) in [6.45, 7) is 8.62. The highest BCUT2D eigenvalue weighted by molar-refractivity contribution is 9.10. The zero-order valence-corrected chi connectivity index (χ0v) is 17.9. The topological polar surface area (TPSA) is 21.6 Å². The Labute approximate surface area is 175 Å². The molecular weight excluding hydrogens is 410 g/mol. The molecule has 0 N–H and O–H groups in total. The van der Waals surface area contributed by atoms with E-state index in [4.69, 9.17) is 4.74 Å². The van der Waals surface area contributed by atoms with Crippen molar-refractivity contribution < 1.29 is 4.74 Å². The predicted octanol–water partition coefficient (Wildman–Crippen LogP) is 7.12. The number of aryl methyl sites for hydroxylation is 2. The minimum atomic E-state index is 0.535. The number of benzene rings is 3. The molecule has 0 amide bonds. The van der Waals surface area contributed by atoms with E-state index < -0.39 is 0 Å². The molecule has 0 aromatic heterocycles. The number of nitrogens with zero attached hydrogens (tertiary/aromatic N) is 1. The van der Waals surface area contributed by atoms with Gasteiger partial charge in [-0.2, -0.15) is 0 Å². The minimum Gasteiger partial charge on any atom is -0.489 e. The number of aliphatic imine (C=N–C) groups is 1. The number of rotatable bonds is 7.